The number of nitrogens with zero attached hydrogens (tertiary/aromatic N) is 2. The van der Waals surface area contributed by atoms with E-state index in [1.165, 1.54) is 0 Å². The number of fused-ring (bicyclic) bond motifs is 1. The van der Waals surface area contributed by atoms with Crippen molar-refractivity contribution < 1.29 is 0 Å². The molecule has 3 nitrogen and oxygen atoms in total. The molecule has 0 atom stereocenters. The average Bonchev–Trinajstić information content (AvgIpc) is 2.55. The molecule has 0 radical (unpaired) electrons. The van der Waals surface area contributed by atoms with Crippen molar-refractivity contribution in [1.29, 1.82) is 0 Å². The van der Waals surface area contributed by atoms with Crippen molar-refractivity contribution in [3.05, 3.63) is 22.7 Å². The molecular formula is C14H20BrN3. The Kier molecular flexibility index (Phi) is 3.41. The zero-order valence-electron chi connectivity index (χ0n) is 11.4. The van der Waals surface area contributed by atoms with E-state index in [2.05, 4.69) is 59.2 Å². The van der Waals surface area contributed by atoms with Gasteiger partial charge in [0.15, 0.2) is 0 Å². The van der Waals surface area contributed by atoms with E-state index in [0.29, 0.717) is 11.9 Å². The lowest BCUT2D eigenvalue weighted by atomic mass is 9.81. The van der Waals surface area contributed by atoms with Gasteiger partial charge in [-0.3, -0.25) is 0 Å². The van der Waals surface area contributed by atoms with Crippen molar-refractivity contribution in [3.8, 4) is 0 Å². The van der Waals surface area contributed by atoms with E-state index in [4.69, 9.17) is 5.73 Å². The lowest BCUT2D eigenvalue weighted by molar-refractivity contribution is 0.214. The first-order valence-corrected chi connectivity index (χ1v) is 7.02. The Bertz CT molecular complexity index is 570. The van der Waals surface area contributed by atoms with Gasteiger partial charge in [0.05, 0.1) is 11.0 Å². The molecule has 2 rings (SSSR count). The van der Waals surface area contributed by atoms with E-state index in [1.54, 1.807) is 0 Å². The largest absolute Gasteiger partial charge is 0.369 e. The van der Waals surface area contributed by atoms with Gasteiger partial charge in [0, 0.05) is 11.0 Å². The molecule has 4 heteroatoms. The molecule has 98 valence electrons. The molecule has 0 amide bonds. The van der Waals surface area contributed by atoms with Gasteiger partial charge in [-0.1, -0.05) is 43.6 Å². The Morgan fingerprint density at radius 1 is 1.39 bits per heavy atom. The van der Waals surface area contributed by atoms with Crippen molar-refractivity contribution in [2.24, 2.45) is 11.3 Å². The fourth-order valence-electron chi connectivity index (χ4n) is 1.87. The van der Waals surface area contributed by atoms with Crippen LogP contribution in [0.15, 0.2) is 22.7 Å². The van der Waals surface area contributed by atoms with Crippen molar-refractivity contribution in [1.82, 2.24) is 9.55 Å². The number of anilines is 1. The first-order chi connectivity index (χ1) is 8.31. The second-order valence-electron chi connectivity index (χ2n) is 5.83. The third-order valence-electron chi connectivity index (χ3n) is 3.87. The number of benzene rings is 1. The van der Waals surface area contributed by atoms with Gasteiger partial charge < -0.3 is 10.3 Å². The third-order valence-corrected chi connectivity index (χ3v) is 4.36. The van der Waals surface area contributed by atoms with Crippen molar-refractivity contribution in [2.45, 2.75) is 34.2 Å². The molecule has 2 aromatic rings. The van der Waals surface area contributed by atoms with Gasteiger partial charge in [-0.05, 0) is 29.5 Å². The van der Waals surface area contributed by atoms with Crippen LogP contribution in [-0.4, -0.2) is 9.55 Å². The quantitative estimate of drug-likeness (QED) is 0.929. The summed E-state index contributed by atoms with van der Waals surface area (Å²) in [4.78, 5) is 4.42. The van der Waals surface area contributed by atoms with Crippen LogP contribution in [-0.2, 0) is 6.54 Å². The fraction of sp³-hybridized carbons (Fsp3) is 0.500. The molecular weight excluding hydrogens is 290 g/mol. The smallest absolute Gasteiger partial charge is 0.201 e. The molecule has 1 aromatic carbocycles. The first kappa shape index (κ1) is 13.4. The van der Waals surface area contributed by atoms with E-state index in [-0.39, 0.29) is 5.41 Å². The van der Waals surface area contributed by atoms with Gasteiger partial charge >= 0.3 is 0 Å². The van der Waals surface area contributed by atoms with Gasteiger partial charge in [0.2, 0.25) is 5.95 Å². The van der Waals surface area contributed by atoms with Crippen molar-refractivity contribution >= 4 is 32.9 Å². The Morgan fingerprint density at radius 3 is 2.67 bits per heavy atom. The van der Waals surface area contributed by atoms with Crippen LogP contribution in [0.25, 0.3) is 11.0 Å². The molecule has 0 aliphatic carbocycles. The van der Waals surface area contributed by atoms with Crippen molar-refractivity contribution in [3.63, 3.8) is 0 Å². The number of hydrogen-bond donors (Lipinski definition) is 1. The summed E-state index contributed by atoms with van der Waals surface area (Å²) in [5.41, 5.74) is 8.28. The lowest BCUT2D eigenvalue weighted by Gasteiger charge is -2.30. The summed E-state index contributed by atoms with van der Waals surface area (Å²) in [6, 6.07) is 6.07. The molecule has 1 heterocycles. The maximum atomic E-state index is 6.05. The van der Waals surface area contributed by atoms with Gasteiger partial charge in [-0.2, -0.15) is 0 Å². The van der Waals surface area contributed by atoms with Crippen LogP contribution in [0.3, 0.4) is 0 Å². The average molecular weight is 310 g/mol. The van der Waals surface area contributed by atoms with Crippen LogP contribution in [0.1, 0.15) is 27.7 Å². The van der Waals surface area contributed by atoms with Gasteiger partial charge in [-0.15, -0.1) is 0 Å². The van der Waals surface area contributed by atoms with Crippen molar-refractivity contribution in [2.75, 3.05) is 5.73 Å². The van der Waals surface area contributed by atoms with E-state index >= 15 is 0 Å². The third kappa shape index (κ3) is 2.39. The SMILES string of the molecule is CC(C)C(C)(C)Cn1c(N)nc2ccc(Br)cc21. The van der Waals surface area contributed by atoms with Gasteiger partial charge in [0.25, 0.3) is 0 Å². The van der Waals surface area contributed by atoms with Crippen LogP contribution in [0.5, 0.6) is 0 Å². The summed E-state index contributed by atoms with van der Waals surface area (Å²) in [5, 5.41) is 0. The first-order valence-electron chi connectivity index (χ1n) is 6.22. The van der Waals surface area contributed by atoms with E-state index in [9.17, 15) is 0 Å². The summed E-state index contributed by atoms with van der Waals surface area (Å²) in [6.45, 7) is 9.89. The molecule has 0 spiro atoms. The van der Waals surface area contributed by atoms with E-state index in [1.807, 2.05) is 12.1 Å². The standard InChI is InChI=1S/C14H20BrN3/c1-9(2)14(3,4)8-18-12-7-10(15)5-6-11(12)17-13(18)16/h5-7,9H,8H2,1-4H3,(H2,16,17). The topological polar surface area (TPSA) is 43.8 Å². The predicted octanol–water partition coefficient (Wildman–Crippen LogP) is 4.06. The van der Waals surface area contributed by atoms with Crippen LogP contribution < -0.4 is 5.73 Å². The highest BCUT2D eigenvalue weighted by Crippen LogP contribution is 2.31. The van der Waals surface area contributed by atoms with Crippen LogP contribution in [0, 0.1) is 11.3 Å². The normalized spacial score (nSPS) is 12.6. The number of halogens is 1. The molecule has 0 fully saturated rings. The Morgan fingerprint density at radius 2 is 2.06 bits per heavy atom. The van der Waals surface area contributed by atoms with Gasteiger partial charge in [-0.25, -0.2) is 4.98 Å². The molecule has 18 heavy (non-hydrogen) atoms. The Hall–Kier alpha value is -1.03. The molecule has 0 saturated carbocycles. The zero-order valence-corrected chi connectivity index (χ0v) is 13.0. The minimum Gasteiger partial charge on any atom is -0.369 e. The number of nitrogen functional groups attached to an aromatic ring is 1. The maximum Gasteiger partial charge on any atom is 0.201 e. The number of imidazole rings is 1. The highest BCUT2D eigenvalue weighted by molar-refractivity contribution is 9.10. The lowest BCUT2D eigenvalue weighted by Crippen LogP contribution is -2.26. The molecule has 2 N–H and O–H groups in total. The number of nitrogens with two attached hydrogens (primary N) is 1. The number of aromatic nitrogens is 2. The minimum atomic E-state index is 0.185. The van der Waals surface area contributed by atoms with Crippen LogP contribution in [0.2, 0.25) is 0 Å². The second kappa shape index (κ2) is 4.57. The molecule has 1 aromatic heterocycles. The van der Waals surface area contributed by atoms with Crippen LogP contribution >= 0.6 is 15.9 Å². The fourth-order valence-corrected chi connectivity index (χ4v) is 2.22. The van der Waals surface area contributed by atoms with E-state index < -0.39 is 0 Å². The molecule has 0 unspecified atom stereocenters. The molecule has 0 saturated heterocycles. The molecule has 0 aliphatic heterocycles. The predicted molar refractivity (Wildman–Crippen MR) is 80.5 cm³/mol. The summed E-state index contributed by atoms with van der Waals surface area (Å²) in [7, 11) is 0. The molecule has 0 bridgehead atoms. The van der Waals surface area contributed by atoms with Gasteiger partial charge in [0.1, 0.15) is 0 Å². The van der Waals surface area contributed by atoms with Crippen LogP contribution in [0.4, 0.5) is 5.95 Å². The number of rotatable bonds is 3. The maximum absolute atomic E-state index is 6.05. The summed E-state index contributed by atoms with van der Waals surface area (Å²) in [5.74, 6) is 1.18. The summed E-state index contributed by atoms with van der Waals surface area (Å²) in [6.07, 6.45) is 0. The highest BCUT2D eigenvalue weighted by atomic mass is 79.9. The summed E-state index contributed by atoms with van der Waals surface area (Å²) < 4.78 is 3.17. The zero-order chi connectivity index (χ0) is 13.5. The number of hydrogen-bond acceptors (Lipinski definition) is 2. The monoisotopic (exact) mass is 309 g/mol. The van der Waals surface area contributed by atoms with E-state index in [0.717, 1.165) is 22.1 Å². The second-order valence-corrected chi connectivity index (χ2v) is 6.75. The summed E-state index contributed by atoms with van der Waals surface area (Å²) >= 11 is 3.50. The Balaban J connectivity index is 2.50. The minimum absolute atomic E-state index is 0.185. The highest BCUT2D eigenvalue weighted by Gasteiger charge is 2.24. The molecule has 0 aliphatic rings. The Labute approximate surface area is 117 Å².